The lowest BCUT2D eigenvalue weighted by Crippen LogP contribution is -2.56. The average Bonchev–Trinajstić information content (AvgIpc) is 2.96. The van der Waals surface area contributed by atoms with Gasteiger partial charge in [0.2, 0.25) is 5.95 Å². The molecule has 0 radical (unpaired) electrons. The van der Waals surface area contributed by atoms with Crippen LogP contribution in [0.25, 0.3) is 10.9 Å². The summed E-state index contributed by atoms with van der Waals surface area (Å²) in [5, 5.41) is 9.36. The minimum Gasteiger partial charge on any atom is -0.459 e. The van der Waals surface area contributed by atoms with E-state index in [1.165, 1.54) is 17.0 Å². The summed E-state index contributed by atoms with van der Waals surface area (Å²) in [5.41, 5.74) is 0.409. The Morgan fingerprint density at radius 3 is 2.88 bits per heavy atom. The third-order valence-electron chi connectivity index (χ3n) is 5.32. The fraction of sp³-hybridized carbons (Fsp3) is 0.500. The van der Waals surface area contributed by atoms with Gasteiger partial charge < -0.3 is 14.0 Å². The predicted molar refractivity (Wildman–Crippen MR) is 89.9 cm³/mol. The van der Waals surface area contributed by atoms with Crippen molar-refractivity contribution in [1.29, 1.82) is 5.26 Å². The van der Waals surface area contributed by atoms with Gasteiger partial charge in [-0.3, -0.25) is 4.90 Å². The van der Waals surface area contributed by atoms with E-state index in [-0.39, 0.29) is 35.8 Å². The molecule has 2 aromatic rings. The summed E-state index contributed by atoms with van der Waals surface area (Å²) in [6.07, 6.45) is 4.01. The first-order valence-electron chi connectivity index (χ1n) is 8.59. The van der Waals surface area contributed by atoms with E-state index < -0.39 is 11.9 Å². The molecule has 0 N–H and O–H groups in total. The zero-order valence-corrected chi connectivity index (χ0v) is 14.4. The largest absolute Gasteiger partial charge is 0.459 e. The van der Waals surface area contributed by atoms with E-state index >= 15 is 0 Å². The van der Waals surface area contributed by atoms with Crippen LogP contribution in [0.1, 0.15) is 23.2 Å². The van der Waals surface area contributed by atoms with Gasteiger partial charge in [0, 0.05) is 42.7 Å². The van der Waals surface area contributed by atoms with Crippen molar-refractivity contribution in [2.45, 2.75) is 37.6 Å². The van der Waals surface area contributed by atoms with Crippen molar-refractivity contribution >= 4 is 16.9 Å². The number of esters is 1. The first kappa shape index (κ1) is 16.9. The van der Waals surface area contributed by atoms with E-state index in [9.17, 15) is 9.18 Å². The molecule has 2 saturated heterocycles. The molecular weight excluding hydrogens is 339 g/mol. The van der Waals surface area contributed by atoms with E-state index in [2.05, 4.69) is 16.9 Å². The molecule has 0 amide bonds. The molecular formula is C18H19FN4O3. The molecule has 4 rings (SSSR count). The van der Waals surface area contributed by atoms with Gasteiger partial charge in [-0.2, -0.15) is 9.65 Å². The summed E-state index contributed by atoms with van der Waals surface area (Å²) < 4.78 is 26.8. The summed E-state index contributed by atoms with van der Waals surface area (Å²) in [6, 6.07) is 4.01. The Morgan fingerprint density at radius 1 is 1.46 bits per heavy atom. The Hall–Kier alpha value is -2.50. The third kappa shape index (κ3) is 2.83. The Morgan fingerprint density at radius 2 is 2.19 bits per heavy atom. The molecule has 0 aliphatic carbocycles. The highest BCUT2D eigenvalue weighted by Crippen LogP contribution is 2.30. The van der Waals surface area contributed by atoms with Crippen LogP contribution in [0.2, 0.25) is 0 Å². The number of fused-ring (bicyclic) bond motifs is 3. The fourth-order valence-electron chi connectivity index (χ4n) is 3.93. The van der Waals surface area contributed by atoms with Crippen LogP contribution in [-0.4, -0.2) is 58.9 Å². The van der Waals surface area contributed by atoms with Crippen molar-refractivity contribution in [3.63, 3.8) is 0 Å². The number of morpholine rings is 1. The van der Waals surface area contributed by atoms with Crippen LogP contribution in [-0.2, 0) is 16.0 Å². The molecule has 8 heteroatoms. The molecule has 26 heavy (non-hydrogen) atoms. The van der Waals surface area contributed by atoms with Gasteiger partial charge in [0.25, 0.3) is 0 Å². The number of piperidine rings is 1. The number of rotatable bonds is 3. The number of carbonyl (C=O) groups is 1. The highest BCUT2D eigenvalue weighted by Gasteiger charge is 2.38. The van der Waals surface area contributed by atoms with Crippen LogP contribution >= 0.6 is 0 Å². The maximum Gasteiger partial charge on any atom is 0.340 e. The van der Waals surface area contributed by atoms with E-state index in [4.69, 9.17) is 14.7 Å². The Balaban J connectivity index is 1.59. The van der Waals surface area contributed by atoms with Crippen molar-refractivity contribution in [1.82, 2.24) is 14.5 Å². The van der Waals surface area contributed by atoms with Crippen LogP contribution in [0, 0.1) is 17.3 Å². The highest BCUT2D eigenvalue weighted by atomic mass is 19.1. The van der Waals surface area contributed by atoms with Gasteiger partial charge in [-0.1, -0.05) is 0 Å². The molecule has 2 aromatic heterocycles. The first-order valence-corrected chi connectivity index (χ1v) is 8.59. The zero-order chi connectivity index (χ0) is 18.3. The van der Waals surface area contributed by atoms with E-state index in [0.29, 0.717) is 31.4 Å². The number of hydrogen-bond acceptors (Lipinski definition) is 6. The molecule has 0 saturated carbocycles. The smallest absolute Gasteiger partial charge is 0.340 e. The Kier molecular flexibility index (Phi) is 4.34. The quantitative estimate of drug-likeness (QED) is 0.614. The fourth-order valence-corrected chi connectivity index (χ4v) is 3.93. The normalized spacial score (nSPS) is 25.8. The lowest BCUT2D eigenvalue weighted by Gasteiger charge is -2.46. The number of pyridine rings is 1. The minimum atomic E-state index is -0.706. The zero-order valence-electron chi connectivity index (χ0n) is 14.4. The molecule has 0 spiro atoms. The highest BCUT2D eigenvalue weighted by molar-refractivity contribution is 6.04. The SMILES string of the molecule is CN1[C@@H]2COC[C@H]1C[C@@H](OC(=O)c1cn(CC#N)c3c(F)nccc13)C2. The number of carbonyl (C=O) groups excluding carboxylic acids is 1. The van der Waals surface area contributed by atoms with Gasteiger partial charge in [0.05, 0.1) is 24.8 Å². The third-order valence-corrected chi connectivity index (χ3v) is 5.32. The summed E-state index contributed by atoms with van der Waals surface area (Å²) in [7, 11) is 2.07. The van der Waals surface area contributed by atoms with Crippen LogP contribution in [0.5, 0.6) is 0 Å². The van der Waals surface area contributed by atoms with Gasteiger partial charge >= 0.3 is 5.97 Å². The molecule has 2 aliphatic rings. The number of hydrogen-bond donors (Lipinski definition) is 0. The second kappa shape index (κ2) is 6.67. The Labute approximate surface area is 149 Å². The van der Waals surface area contributed by atoms with Crippen molar-refractivity contribution in [2.24, 2.45) is 0 Å². The Bertz CT molecular complexity index is 876. The lowest BCUT2D eigenvalue weighted by atomic mass is 9.92. The van der Waals surface area contributed by atoms with Crippen LogP contribution in [0.4, 0.5) is 4.39 Å². The molecule has 0 aromatic carbocycles. The van der Waals surface area contributed by atoms with Gasteiger partial charge in [-0.05, 0) is 13.1 Å². The number of ether oxygens (including phenoxy) is 2. The predicted octanol–water partition coefficient (Wildman–Crippen LogP) is 1.72. The first-order chi connectivity index (χ1) is 12.6. The molecule has 2 aliphatic heterocycles. The molecule has 136 valence electrons. The molecule has 2 fully saturated rings. The molecule has 0 unspecified atom stereocenters. The average molecular weight is 358 g/mol. The van der Waals surface area contributed by atoms with E-state index in [0.717, 1.165) is 0 Å². The second-order valence-electron chi connectivity index (χ2n) is 6.84. The number of halogens is 1. The number of nitrogens with zero attached hydrogens (tertiary/aromatic N) is 4. The van der Waals surface area contributed by atoms with Crippen molar-refractivity contribution in [3.05, 3.63) is 30.0 Å². The number of nitriles is 1. The van der Waals surface area contributed by atoms with E-state index in [1.54, 1.807) is 6.07 Å². The molecule has 2 bridgehead atoms. The second-order valence-corrected chi connectivity index (χ2v) is 6.84. The number of likely N-dealkylation sites (N-methyl/N-ethyl adjacent to an activating group) is 1. The summed E-state index contributed by atoms with van der Waals surface area (Å²) in [6.45, 7) is 1.21. The molecule has 3 atom stereocenters. The minimum absolute atomic E-state index is 0.0674. The van der Waals surface area contributed by atoms with Crippen molar-refractivity contribution < 1.29 is 18.7 Å². The topological polar surface area (TPSA) is 80.4 Å². The monoisotopic (exact) mass is 358 g/mol. The van der Waals surface area contributed by atoms with Crippen LogP contribution in [0.15, 0.2) is 18.5 Å². The van der Waals surface area contributed by atoms with Gasteiger partial charge in [-0.15, -0.1) is 0 Å². The molecule has 7 nitrogen and oxygen atoms in total. The van der Waals surface area contributed by atoms with Crippen molar-refractivity contribution in [2.75, 3.05) is 20.3 Å². The van der Waals surface area contributed by atoms with Gasteiger partial charge in [0.15, 0.2) is 0 Å². The summed E-state index contributed by atoms with van der Waals surface area (Å²) in [5.74, 6) is -1.20. The standard InChI is InChI=1S/C18H19FN4O3/c1-22-11-6-13(7-12(22)10-25-9-11)26-18(24)15-8-23(5-3-20)16-14(15)2-4-21-17(16)19/h2,4,8,11-13H,5-7,9-10H2,1H3/t11-,12+,13-. The van der Waals surface area contributed by atoms with Gasteiger partial charge in [0.1, 0.15) is 18.2 Å². The number of aromatic nitrogens is 2. The summed E-state index contributed by atoms with van der Waals surface area (Å²) in [4.78, 5) is 18.7. The van der Waals surface area contributed by atoms with Crippen molar-refractivity contribution in [3.8, 4) is 6.07 Å². The van der Waals surface area contributed by atoms with Gasteiger partial charge in [-0.25, -0.2) is 9.78 Å². The summed E-state index contributed by atoms with van der Waals surface area (Å²) >= 11 is 0. The maximum absolute atomic E-state index is 14.1. The molecule has 4 heterocycles. The van der Waals surface area contributed by atoms with Crippen LogP contribution < -0.4 is 0 Å². The van der Waals surface area contributed by atoms with E-state index in [1.807, 2.05) is 6.07 Å². The maximum atomic E-state index is 14.1. The van der Waals surface area contributed by atoms with Crippen LogP contribution in [0.3, 0.4) is 0 Å². The lowest BCUT2D eigenvalue weighted by molar-refractivity contribution is -0.0970.